The van der Waals surface area contributed by atoms with Gasteiger partial charge in [-0.2, -0.15) is 0 Å². The summed E-state index contributed by atoms with van der Waals surface area (Å²) in [4.78, 5) is 45.9. The molecule has 0 bridgehead atoms. The number of para-hydroxylation sites is 1. The Hall–Kier alpha value is -5.84. The summed E-state index contributed by atoms with van der Waals surface area (Å²) in [6.45, 7) is 3.69. The molecule has 4 aromatic heterocycles. The first-order chi connectivity index (χ1) is 23.0. The van der Waals surface area contributed by atoms with Crippen LogP contribution in [0.1, 0.15) is 44.6 Å². The number of aryl methyl sites for hydroxylation is 1. The summed E-state index contributed by atoms with van der Waals surface area (Å²) in [6, 6.07) is 17.6. The van der Waals surface area contributed by atoms with Crippen LogP contribution in [0.2, 0.25) is 0 Å². The van der Waals surface area contributed by atoms with E-state index in [1.165, 1.54) is 30.0 Å². The molecular formula is C35H30N8O3S2. The first-order valence-corrected chi connectivity index (χ1v) is 17.6. The summed E-state index contributed by atoms with van der Waals surface area (Å²) in [7, 11) is -2.54. The van der Waals surface area contributed by atoms with E-state index in [0.717, 1.165) is 9.88 Å². The molecule has 240 valence electrons. The molecule has 6 aromatic rings. The van der Waals surface area contributed by atoms with Crippen molar-refractivity contribution in [1.29, 1.82) is 0 Å². The van der Waals surface area contributed by atoms with Crippen molar-refractivity contribution in [2.45, 2.75) is 19.9 Å². The number of benzene rings is 2. The number of nitrogen functional groups attached to an aromatic ring is 1. The van der Waals surface area contributed by atoms with Gasteiger partial charge in [0, 0.05) is 44.7 Å². The van der Waals surface area contributed by atoms with Gasteiger partial charge in [-0.05, 0) is 61.4 Å². The van der Waals surface area contributed by atoms with Crippen molar-refractivity contribution in [3.8, 4) is 28.8 Å². The van der Waals surface area contributed by atoms with Crippen LogP contribution in [-0.4, -0.2) is 46.7 Å². The molecule has 0 aliphatic heterocycles. The van der Waals surface area contributed by atoms with Gasteiger partial charge in [0.1, 0.15) is 0 Å². The molecule has 2 atom stereocenters. The van der Waals surface area contributed by atoms with Gasteiger partial charge < -0.3 is 15.8 Å². The lowest BCUT2D eigenvalue weighted by Gasteiger charge is -2.21. The van der Waals surface area contributed by atoms with Crippen LogP contribution in [0.25, 0.3) is 27.7 Å². The number of aromatic nitrogens is 5. The molecule has 13 heteroatoms. The summed E-state index contributed by atoms with van der Waals surface area (Å²) in [5.74, 6) is 9.24. The van der Waals surface area contributed by atoms with Gasteiger partial charge in [0.25, 0.3) is 11.5 Å². The first kappa shape index (κ1) is 32.1. The van der Waals surface area contributed by atoms with Crippen LogP contribution in [0.5, 0.6) is 0 Å². The molecule has 0 aliphatic carbocycles. The largest absolute Gasteiger partial charge is 0.382 e. The predicted molar refractivity (Wildman–Crippen MR) is 193 cm³/mol. The van der Waals surface area contributed by atoms with E-state index in [0.29, 0.717) is 44.7 Å². The van der Waals surface area contributed by atoms with Crippen molar-refractivity contribution < 1.29 is 9.00 Å². The van der Waals surface area contributed by atoms with Crippen molar-refractivity contribution in [3.63, 3.8) is 0 Å². The molecule has 0 aliphatic rings. The Labute approximate surface area is 281 Å². The second kappa shape index (κ2) is 13.1. The number of hydrogen-bond acceptors (Lipinski definition) is 9. The number of anilines is 2. The number of nitrogens with one attached hydrogen (secondary N) is 2. The van der Waals surface area contributed by atoms with Crippen LogP contribution < -0.4 is 21.3 Å². The van der Waals surface area contributed by atoms with Crippen LogP contribution in [0, 0.1) is 18.8 Å². The van der Waals surface area contributed by atoms with Gasteiger partial charge in [-0.15, -0.1) is 11.3 Å². The Morgan fingerprint density at radius 3 is 2.56 bits per heavy atom. The Kier molecular flexibility index (Phi) is 8.77. The SMILES string of the molecule is C=S(C)(=O)Nc1cncc(-c2cnc(N)c(C(=O)N[C@H](C)c3cc4cccc(C#Cc5cnc(C)s5)c4c(=O)n3-c3ccccc3)n2)c1. The minimum Gasteiger partial charge on any atom is -0.382 e. The molecule has 0 spiro atoms. The van der Waals surface area contributed by atoms with Gasteiger partial charge in [-0.25, -0.2) is 19.2 Å². The zero-order chi connectivity index (χ0) is 34.0. The average Bonchev–Trinajstić information content (AvgIpc) is 3.48. The minimum atomic E-state index is -2.54. The standard InChI is InChI=1S/C35H30N8O3S2/c1-21(40-34(44)32-33(36)39-20-29(41-32)25-15-26(18-37-17-25)42-48(3,4)46)30-16-24-10-8-9-23(13-14-28-19-38-22(2)47-28)31(24)35(45)43(30)27-11-6-5-7-12-27/h5-12,15-21H,3H2,1-2,4H3,(H2,36,39)(H,40,44)(H,42,46)/t21-,48?/m1/s1. The third kappa shape index (κ3) is 6.95. The number of thiazole rings is 1. The number of amides is 1. The third-order valence-electron chi connectivity index (χ3n) is 7.21. The second-order valence-corrected chi connectivity index (χ2v) is 14.5. The van der Waals surface area contributed by atoms with Gasteiger partial charge in [-0.3, -0.25) is 19.1 Å². The normalized spacial score (nSPS) is 12.8. The molecule has 0 fully saturated rings. The number of pyridine rings is 2. The first-order valence-electron chi connectivity index (χ1n) is 14.6. The maximum absolute atomic E-state index is 14.3. The molecule has 0 saturated carbocycles. The zero-order valence-electron chi connectivity index (χ0n) is 26.2. The van der Waals surface area contributed by atoms with E-state index in [2.05, 4.69) is 47.7 Å². The lowest BCUT2D eigenvalue weighted by atomic mass is 10.0. The highest BCUT2D eigenvalue weighted by Gasteiger charge is 2.22. The van der Waals surface area contributed by atoms with Crippen molar-refractivity contribution in [2.24, 2.45) is 0 Å². The summed E-state index contributed by atoms with van der Waals surface area (Å²) < 4.78 is 16.5. The number of nitrogens with two attached hydrogens (primary N) is 1. The van der Waals surface area contributed by atoms with E-state index < -0.39 is 21.7 Å². The minimum absolute atomic E-state index is 0.0710. The number of carbonyl (C=O) groups excluding carboxylic acids is 1. The fraction of sp³-hybridized carbons (Fsp3) is 0.114. The van der Waals surface area contributed by atoms with E-state index in [-0.39, 0.29) is 17.1 Å². The van der Waals surface area contributed by atoms with Crippen LogP contribution in [0.4, 0.5) is 11.5 Å². The fourth-order valence-electron chi connectivity index (χ4n) is 5.13. The lowest BCUT2D eigenvalue weighted by Crippen LogP contribution is -2.33. The molecule has 1 unspecified atom stereocenters. The Balaban J connectivity index is 1.38. The van der Waals surface area contributed by atoms with Crippen molar-refractivity contribution in [2.75, 3.05) is 16.7 Å². The number of hydrogen-bond donors (Lipinski definition) is 3. The average molecular weight is 675 g/mol. The molecule has 11 nitrogen and oxygen atoms in total. The van der Waals surface area contributed by atoms with Crippen LogP contribution in [0.3, 0.4) is 0 Å². The number of fused-ring (bicyclic) bond motifs is 1. The fourth-order valence-corrected chi connectivity index (χ4v) is 6.37. The van der Waals surface area contributed by atoms with Crippen molar-refractivity contribution in [1.82, 2.24) is 29.8 Å². The van der Waals surface area contributed by atoms with Gasteiger partial charge in [-0.1, -0.05) is 36.3 Å². The molecule has 0 saturated heterocycles. The van der Waals surface area contributed by atoms with E-state index in [9.17, 15) is 13.8 Å². The lowest BCUT2D eigenvalue weighted by molar-refractivity contribution is 0.0934. The number of carbonyl (C=O) groups is 1. The van der Waals surface area contributed by atoms with Crippen LogP contribution in [0.15, 0.2) is 90.2 Å². The van der Waals surface area contributed by atoms with Gasteiger partial charge >= 0.3 is 0 Å². The molecule has 2 aromatic carbocycles. The maximum atomic E-state index is 14.3. The van der Waals surface area contributed by atoms with Crippen molar-refractivity contribution in [3.05, 3.63) is 123 Å². The second-order valence-electron chi connectivity index (χ2n) is 11.1. The highest BCUT2D eigenvalue weighted by Crippen LogP contribution is 2.25. The maximum Gasteiger partial charge on any atom is 0.274 e. The van der Waals surface area contributed by atoms with Crippen LogP contribution >= 0.6 is 11.3 Å². The van der Waals surface area contributed by atoms with Gasteiger partial charge in [0.05, 0.1) is 51.3 Å². The number of nitrogens with zero attached hydrogens (tertiary/aromatic N) is 5. The molecule has 1 amide bonds. The molecule has 0 radical (unpaired) electrons. The molecule has 6 rings (SSSR count). The highest BCUT2D eigenvalue weighted by molar-refractivity contribution is 8.00. The van der Waals surface area contributed by atoms with E-state index in [1.807, 2.05) is 61.5 Å². The zero-order valence-corrected chi connectivity index (χ0v) is 27.9. The van der Waals surface area contributed by atoms with Crippen LogP contribution in [-0.2, 0) is 9.71 Å². The quantitative estimate of drug-likeness (QED) is 0.162. The van der Waals surface area contributed by atoms with E-state index in [4.69, 9.17) is 5.73 Å². The summed E-state index contributed by atoms with van der Waals surface area (Å²) >= 11 is 1.48. The molecular weight excluding hydrogens is 645 g/mol. The number of rotatable bonds is 7. The van der Waals surface area contributed by atoms with E-state index >= 15 is 0 Å². The van der Waals surface area contributed by atoms with Gasteiger partial charge in [0.2, 0.25) is 0 Å². The Bertz CT molecular complexity index is 2430. The smallest absolute Gasteiger partial charge is 0.274 e. The monoisotopic (exact) mass is 674 g/mol. The summed E-state index contributed by atoms with van der Waals surface area (Å²) in [6.07, 6.45) is 7.66. The summed E-state index contributed by atoms with van der Waals surface area (Å²) in [5, 5.41) is 5.00. The highest BCUT2D eigenvalue weighted by atomic mass is 32.2. The topological polar surface area (TPSA) is 158 Å². The Morgan fingerprint density at radius 2 is 1.83 bits per heavy atom. The predicted octanol–water partition coefficient (Wildman–Crippen LogP) is 4.75. The molecule has 4 heterocycles. The van der Waals surface area contributed by atoms with E-state index in [1.54, 1.807) is 30.0 Å². The third-order valence-corrected chi connectivity index (χ3v) is 8.70. The summed E-state index contributed by atoms with van der Waals surface area (Å²) in [5.41, 5.74) is 8.82. The Morgan fingerprint density at radius 1 is 1.04 bits per heavy atom. The molecule has 48 heavy (non-hydrogen) atoms. The van der Waals surface area contributed by atoms with Gasteiger partial charge in [0.15, 0.2) is 11.5 Å². The van der Waals surface area contributed by atoms with Crippen molar-refractivity contribution >= 4 is 55.1 Å². The molecule has 4 N–H and O–H groups in total.